The van der Waals surface area contributed by atoms with E-state index in [-0.39, 0.29) is 5.91 Å². The first-order chi connectivity index (χ1) is 11.7. The molecule has 0 aromatic carbocycles. The first kappa shape index (κ1) is 14.5. The molecule has 0 radical (unpaired) electrons. The third kappa shape index (κ3) is 2.65. The Bertz CT molecular complexity index is 1020. The van der Waals surface area contributed by atoms with Crippen molar-refractivity contribution in [2.45, 2.75) is 6.92 Å². The molecule has 118 valence electrons. The summed E-state index contributed by atoms with van der Waals surface area (Å²) in [4.78, 5) is 25.3. The number of carbonyl (C=O) groups excluding carboxylic acids is 1. The van der Waals surface area contributed by atoms with Gasteiger partial charge in [0.2, 0.25) is 0 Å². The zero-order valence-electron chi connectivity index (χ0n) is 12.8. The molecule has 7 heteroatoms. The SMILES string of the molecule is Cc1csc(NC(=O)c2cc(-c3ccncc3)cn3ccnc23)n1. The lowest BCUT2D eigenvalue weighted by Gasteiger charge is -2.08. The highest BCUT2D eigenvalue weighted by molar-refractivity contribution is 7.13. The maximum absolute atomic E-state index is 12.7. The van der Waals surface area contributed by atoms with Crippen molar-refractivity contribution in [1.29, 1.82) is 0 Å². The number of hydrogen-bond acceptors (Lipinski definition) is 5. The van der Waals surface area contributed by atoms with Gasteiger partial charge < -0.3 is 4.40 Å². The van der Waals surface area contributed by atoms with Crippen LogP contribution in [0, 0.1) is 6.92 Å². The second kappa shape index (κ2) is 5.86. The number of fused-ring (bicyclic) bond motifs is 1. The number of anilines is 1. The Morgan fingerprint density at radius 2 is 2.04 bits per heavy atom. The van der Waals surface area contributed by atoms with E-state index < -0.39 is 0 Å². The monoisotopic (exact) mass is 335 g/mol. The Balaban J connectivity index is 1.78. The van der Waals surface area contributed by atoms with Crippen molar-refractivity contribution in [2.24, 2.45) is 0 Å². The van der Waals surface area contributed by atoms with Crippen LogP contribution in [0.15, 0.2) is 54.6 Å². The highest BCUT2D eigenvalue weighted by atomic mass is 32.1. The van der Waals surface area contributed by atoms with E-state index in [2.05, 4.69) is 20.3 Å². The molecule has 1 amide bonds. The van der Waals surface area contributed by atoms with Gasteiger partial charge in [-0.1, -0.05) is 0 Å². The van der Waals surface area contributed by atoms with Crippen molar-refractivity contribution in [3.05, 3.63) is 65.8 Å². The van der Waals surface area contributed by atoms with Crippen molar-refractivity contribution in [2.75, 3.05) is 5.32 Å². The summed E-state index contributed by atoms with van der Waals surface area (Å²) in [5.41, 5.74) is 3.90. The number of hydrogen-bond donors (Lipinski definition) is 1. The Morgan fingerprint density at radius 1 is 1.21 bits per heavy atom. The van der Waals surface area contributed by atoms with Crippen LogP contribution in [0.1, 0.15) is 16.1 Å². The minimum atomic E-state index is -0.226. The molecule has 0 saturated carbocycles. The van der Waals surface area contributed by atoms with Gasteiger partial charge in [-0.25, -0.2) is 9.97 Å². The number of imidazole rings is 1. The fraction of sp³-hybridized carbons (Fsp3) is 0.0588. The lowest BCUT2D eigenvalue weighted by molar-refractivity contribution is 0.102. The van der Waals surface area contributed by atoms with E-state index in [9.17, 15) is 4.79 Å². The van der Waals surface area contributed by atoms with Gasteiger partial charge in [0.15, 0.2) is 5.13 Å². The number of nitrogens with one attached hydrogen (secondary N) is 1. The van der Waals surface area contributed by atoms with Crippen LogP contribution in [0.3, 0.4) is 0 Å². The fourth-order valence-electron chi connectivity index (χ4n) is 2.48. The first-order valence-electron chi connectivity index (χ1n) is 7.31. The number of carbonyl (C=O) groups is 1. The first-order valence-corrected chi connectivity index (χ1v) is 8.19. The van der Waals surface area contributed by atoms with Gasteiger partial charge in [-0.15, -0.1) is 11.3 Å². The van der Waals surface area contributed by atoms with Gasteiger partial charge >= 0.3 is 0 Å². The molecule has 0 aliphatic rings. The lowest BCUT2D eigenvalue weighted by Crippen LogP contribution is -2.13. The predicted octanol–water partition coefficient (Wildman–Crippen LogP) is 3.41. The van der Waals surface area contributed by atoms with Crippen LogP contribution < -0.4 is 5.32 Å². The van der Waals surface area contributed by atoms with Crippen LogP contribution in [-0.2, 0) is 0 Å². The Kier molecular flexibility index (Phi) is 3.55. The van der Waals surface area contributed by atoms with Crippen LogP contribution in [0.5, 0.6) is 0 Å². The van der Waals surface area contributed by atoms with Gasteiger partial charge in [-0.2, -0.15) is 0 Å². The van der Waals surface area contributed by atoms with E-state index in [1.165, 1.54) is 11.3 Å². The summed E-state index contributed by atoms with van der Waals surface area (Å²) in [5.74, 6) is -0.226. The fourth-order valence-corrected chi connectivity index (χ4v) is 3.16. The summed E-state index contributed by atoms with van der Waals surface area (Å²) >= 11 is 1.40. The average molecular weight is 335 g/mol. The zero-order valence-corrected chi connectivity index (χ0v) is 13.6. The molecule has 4 aromatic heterocycles. The molecule has 0 spiro atoms. The molecule has 1 N–H and O–H groups in total. The van der Waals surface area contributed by atoms with Gasteiger partial charge in [-0.05, 0) is 36.2 Å². The van der Waals surface area contributed by atoms with Gasteiger partial charge in [0.05, 0.1) is 11.3 Å². The summed E-state index contributed by atoms with van der Waals surface area (Å²) in [6.07, 6.45) is 8.90. The third-order valence-corrected chi connectivity index (χ3v) is 4.46. The Morgan fingerprint density at radius 3 is 2.79 bits per heavy atom. The number of rotatable bonds is 3. The molecule has 6 nitrogen and oxygen atoms in total. The van der Waals surface area contributed by atoms with E-state index in [1.54, 1.807) is 18.6 Å². The second-order valence-corrected chi connectivity index (χ2v) is 6.14. The lowest BCUT2D eigenvalue weighted by atomic mass is 10.1. The maximum atomic E-state index is 12.7. The number of nitrogens with zero attached hydrogens (tertiary/aromatic N) is 4. The molecular weight excluding hydrogens is 322 g/mol. The van der Waals surface area contributed by atoms with E-state index in [1.807, 2.05) is 47.3 Å². The van der Waals surface area contributed by atoms with E-state index in [0.717, 1.165) is 16.8 Å². The summed E-state index contributed by atoms with van der Waals surface area (Å²) in [6.45, 7) is 1.89. The predicted molar refractivity (Wildman–Crippen MR) is 93.2 cm³/mol. The molecule has 24 heavy (non-hydrogen) atoms. The Labute approximate surface area is 141 Å². The molecule has 0 atom stereocenters. The van der Waals surface area contributed by atoms with Crippen molar-refractivity contribution >= 4 is 28.0 Å². The summed E-state index contributed by atoms with van der Waals surface area (Å²) in [6, 6.07) is 5.65. The van der Waals surface area contributed by atoms with Crippen LogP contribution in [0.4, 0.5) is 5.13 Å². The molecule has 0 unspecified atom stereocenters. The van der Waals surface area contributed by atoms with Crippen LogP contribution in [-0.4, -0.2) is 25.3 Å². The Hall–Kier alpha value is -3.06. The second-order valence-electron chi connectivity index (χ2n) is 5.28. The molecule has 0 aliphatic carbocycles. The van der Waals surface area contributed by atoms with E-state index in [0.29, 0.717) is 16.3 Å². The van der Waals surface area contributed by atoms with Gasteiger partial charge in [0.25, 0.3) is 5.91 Å². The number of pyridine rings is 2. The molecule has 4 heterocycles. The van der Waals surface area contributed by atoms with Crippen molar-refractivity contribution in [3.63, 3.8) is 0 Å². The highest BCUT2D eigenvalue weighted by Crippen LogP contribution is 2.23. The normalized spacial score (nSPS) is 10.9. The van der Waals surface area contributed by atoms with Gasteiger partial charge in [0.1, 0.15) is 5.65 Å². The minimum absolute atomic E-state index is 0.226. The number of thiazole rings is 1. The maximum Gasteiger partial charge on any atom is 0.261 e. The van der Waals surface area contributed by atoms with Crippen molar-refractivity contribution in [1.82, 2.24) is 19.4 Å². The summed E-state index contributed by atoms with van der Waals surface area (Å²) in [7, 11) is 0. The quantitative estimate of drug-likeness (QED) is 0.623. The standard InChI is InChI=1S/C17H13N5OS/c1-11-10-24-17(20-11)21-16(23)14-8-13(12-2-4-18-5-3-12)9-22-7-6-19-15(14)22/h2-10H,1H3,(H,20,21,23). The minimum Gasteiger partial charge on any atom is -0.306 e. The van der Waals surface area contributed by atoms with Gasteiger partial charge in [-0.3, -0.25) is 15.1 Å². The van der Waals surface area contributed by atoms with E-state index in [4.69, 9.17) is 0 Å². The summed E-state index contributed by atoms with van der Waals surface area (Å²) in [5, 5.41) is 5.32. The molecule has 0 bridgehead atoms. The van der Waals surface area contributed by atoms with Gasteiger partial charge in [0, 0.05) is 36.4 Å². The zero-order chi connectivity index (χ0) is 16.5. The van der Waals surface area contributed by atoms with Crippen molar-refractivity contribution in [3.8, 4) is 11.1 Å². The van der Waals surface area contributed by atoms with Crippen LogP contribution >= 0.6 is 11.3 Å². The number of aryl methyl sites for hydroxylation is 1. The number of amides is 1. The van der Waals surface area contributed by atoms with Crippen LogP contribution in [0.25, 0.3) is 16.8 Å². The molecule has 4 aromatic rings. The van der Waals surface area contributed by atoms with E-state index >= 15 is 0 Å². The number of aromatic nitrogens is 4. The highest BCUT2D eigenvalue weighted by Gasteiger charge is 2.15. The van der Waals surface area contributed by atoms with Crippen molar-refractivity contribution < 1.29 is 4.79 Å². The topological polar surface area (TPSA) is 72.2 Å². The van der Waals surface area contributed by atoms with Crippen LogP contribution in [0.2, 0.25) is 0 Å². The molecular formula is C17H13N5OS. The largest absolute Gasteiger partial charge is 0.306 e. The molecule has 0 saturated heterocycles. The average Bonchev–Trinajstić information content (AvgIpc) is 3.23. The molecule has 4 rings (SSSR count). The summed E-state index contributed by atoms with van der Waals surface area (Å²) < 4.78 is 1.85. The third-order valence-electron chi connectivity index (χ3n) is 3.59. The molecule has 0 fully saturated rings. The molecule has 0 aliphatic heterocycles. The smallest absolute Gasteiger partial charge is 0.261 e.